The second-order valence-corrected chi connectivity index (χ2v) is 10.3. The molecule has 1 atom stereocenters. The molecule has 5 nitrogen and oxygen atoms in total. The van der Waals surface area contributed by atoms with Gasteiger partial charge in [0.2, 0.25) is 0 Å². The zero-order valence-electron chi connectivity index (χ0n) is 21.5. The van der Waals surface area contributed by atoms with Crippen LogP contribution in [0.5, 0.6) is 5.75 Å². The van der Waals surface area contributed by atoms with Crippen molar-refractivity contribution < 1.29 is 23.1 Å². The van der Waals surface area contributed by atoms with Crippen LogP contribution in [-0.4, -0.2) is 28.3 Å². The highest BCUT2D eigenvalue weighted by Crippen LogP contribution is 2.42. The van der Waals surface area contributed by atoms with E-state index in [-0.39, 0.29) is 34.6 Å². The van der Waals surface area contributed by atoms with E-state index in [2.05, 4.69) is 5.16 Å². The van der Waals surface area contributed by atoms with E-state index in [1.165, 1.54) is 53.8 Å². The van der Waals surface area contributed by atoms with Crippen LogP contribution >= 0.6 is 11.8 Å². The third-order valence-electron chi connectivity index (χ3n) is 7.03. The molecule has 1 aliphatic heterocycles. The normalized spacial score (nSPS) is 14.9. The fraction of sp³-hybridized carbons (Fsp3) is 0.200. The highest BCUT2D eigenvalue weighted by atomic mass is 32.2. The molecule has 3 aromatic carbocycles. The van der Waals surface area contributed by atoms with Gasteiger partial charge in [0.1, 0.15) is 17.3 Å². The lowest BCUT2D eigenvalue weighted by atomic mass is 9.93. The molecule has 1 N–H and O–H groups in total. The summed E-state index contributed by atoms with van der Waals surface area (Å²) >= 11 is 1.33. The second-order valence-electron chi connectivity index (χ2n) is 9.34. The van der Waals surface area contributed by atoms with E-state index in [9.17, 15) is 18.8 Å². The molecule has 1 unspecified atom stereocenters. The van der Waals surface area contributed by atoms with Gasteiger partial charge in [-0.2, -0.15) is 0 Å². The summed E-state index contributed by atoms with van der Waals surface area (Å²) in [4.78, 5) is 14.2. The Morgan fingerprint density at radius 1 is 1.05 bits per heavy atom. The number of hydrogen-bond donors (Lipinski definition) is 1. The molecule has 39 heavy (non-hydrogen) atoms. The minimum absolute atomic E-state index is 0.0103. The molecule has 0 saturated heterocycles. The summed E-state index contributed by atoms with van der Waals surface area (Å²) in [5.41, 5.74) is 2.12. The number of ether oxygens (including phenoxy) is 1. The summed E-state index contributed by atoms with van der Waals surface area (Å²) in [6.45, 7) is 3.55. The van der Waals surface area contributed by atoms with Crippen LogP contribution in [0.3, 0.4) is 0 Å². The van der Waals surface area contributed by atoms with Crippen LogP contribution in [0.4, 0.5) is 13.2 Å². The molecule has 0 fully saturated rings. The van der Waals surface area contributed by atoms with E-state index in [4.69, 9.17) is 4.74 Å². The summed E-state index contributed by atoms with van der Waals surface area (Å²) in [6.07, 6.45) is -0.158. The van der Waals surface area contributed by atoms with Gasteiger partial charge in [0, 0.05) is 28.9 Å². The molecule has 0 bridgehead atoms. The third-order valence-corrected chi connectivity index (χ3v) is 8.23. The van der Waals surface area contributed by atoms with E-state index in [0.29, 0.717) is 27.5 Å². The lowest BCUT2D eigenvalue weighted by molar-refractivity contribution is 0.315. The second kappa shape index (κ2) is 10.6. The number of halogens is 3. The number of nitrogens with zero attached hydrogens (tertiary/aromatic N) is 2. The average molecular weight is 551 g/mol. The van der Waals surface area contributed by atoms with Gasteiger partial charge in [-0.1, -0.05) is 53.2 Å². The van der Waals surface area contributed by atoms with Crippen molar-refractivity contribution in [2.24, 2.45) is 5.16 Å². The Balaban J connectivity index is 1.80. The van der Waals surface area contributed by atoms with Gasteiger partial charge >= 0.3 is 0 Å². The average Bonchev–Trinajstić information content (AvgIpc) is 3.34. The maximum absolute atomic E-state index is 15.5. The van der Waals surface area contributed by atoms with Crippen molar-refractivity contribution in [3.63, 3.8) is 0 Å². The number of aryl methyl sites for hydroxylation is 1. The van der Waals surface area contributed by atoms with Crippen LogP contribution in [0.1, 0.15) is 33.9 Å². The van der Waals surface area contributed by atoms with Gasteiger partial charge < -0.3 is 9.94 Å². The molecule has 0 aliphatic carbocycles. The first kappa shape index (κ1) is 26.6. The molecular weight excluding hydrogens is 525 g/mol. The lowest BCUT2D eigenvalue weighted by Crippen LogP contribution is -2.32. The molecule has 1 aromatic heterocycles. The number of aromatic nitrogens is 1. The Kier molecular flexibility index (Phi) is 7.27. The molecule has 0 amide bonds. The standard InChI is InChI=1S/C30H25F3N2O3S/c1-16-7-4-8-18(13-16)28(34-37)24-15-39-30-20(14-21-22(31)10-6-11-23(21)32)17(2)26(29(36)35(24)30)19-9-5-12-25(38-3)27(19)33/h4-13,24,37H,14-15H2,1-3H3/b34-28+. The fourth-order valence-electron chi connectivity index (χ4n) is 5.09. The van der Waals surface area contributed by atoms with E-state index in [1.54, 1.807) is 19.1 Å². The SMILES string of the molecule is COc1cccc(-c2c(C)c(Cc3c(F)cccc3F)c3n(c2=O)C(/C(=N/O)c2cccc(C)c2)CS3)c1F. The van der Waals surface area contributed by atoms with Gasteiger partial charge in [0.05, 0.1) is 23.7 Å². The van der Waals surface area contributed by atoms with Crippen LogP contribution < -0.4 is 10.3 Å². The topological polar surface area (TPSA) is 63.8 Å². The molecule has 2 heterocycles. The van der Waals surface area contributed by atoms with E-state index in [1.807, 2.05) is 25.1 Å². The smallest absolute Gasteiger partial charge is 0.260 e. The van der Waals surface area contributed by atoms with Crippen LogP contribution in [-0.2, 0) is 6.42 Å². The number of rotatable bonds is 6. The highest BCUT2D eigenvalue weighted by molar-refractivity contribution is 7.99. The predicted octanol–water partition coefficient (Wildman–Crippen LogP) is 6.67. The molecule has 5 rings (SSSR count). The van der Waals surface area contributed by atoms with Crippen LogP contribution in [0.15, 0.2) is 75.6 Å². The third kappa shape index (κ3) is 4.61. The lowest BCUT2D eigenvalue weighted by Gasteiger charge is -2.22. The summed E-state index contributed by atoms with van der Waals surface area (Å²) in [5, 5.41) is 14.1. The van der Waals surface area contributed by atoms with Gasteiger partial charge in [-0.05, 0) is 43.2 Å². The largest absolute Gasteiger partial charge is 0.494 e. The monoisotopic (exact) mass is 550 g/mol. The van der Waals surface area contributed by atoms with E-state index < -0.39 is 29.1 Å². The quantitative estimate of drug-likeness (QED) is 0.165. The van der Waals surface area contributed by atoms with Gasteiger partial charge in [0.25, 0.3) is 5.56 Å². The summed E-state index contributed by atoms with van der Waals surface area (Å²) in [5.74, 6) is -1.86. The zero-order valence-corrected chi connectivity index (χ0v) is 22.3. The van der Waals surface area contributed by atoms with Gasteiger partial charge in [-0.15, -0.1) is 11.8 Å². The van der Waals surface area contributed by atoms with Crippen LogP contribution in [0.25, 0.3) is 11.1 Å². The predicted molar refractivity (Wildman–Crippen MR) is 146 cm³/mol. The minimum atomic E-state index is -0.722. The number of pyridine rings is 1. The van der Waals surface area contributed by atoms with E-state index in [0.717, 1.165) is 5.56 Å². The first-order valence-corrected chi connectivity index (χ1v) is 13.2. The molecule has 1 aliphatic rings. The Hall–Kier alpha value is -3.98. The summed E-state index contributed by atoms with van der Waals surface area (Å²) in [7, 11) is 1.33. The molecule has 0 radical (unpaired) electrons. The molecule has 9 heteroatoms. The maximum Gasteiger partial charge on any atom is 0.260 e. The highest BCUT2D eigenvalue weighted by Gasteiger charge is 2.35. The van der Waals surface area contributed by atoms with Crippen LogP contribution in [0.2, 0.25) is 0 Å². The summed E-state index contributed by atoms with van der Waals surface area (Å²) in [6, 6.07) is 14.8. The molecular formula is C30H25F3N2O3S. The Morgan fingerprint density at radius 3 is 2.41 bits per heavy atom. The van der Waals surface area contributed by atoms with Crippen LogP contribution in [0, 0.1) is 31.3 Å². The molecule has 0 saturated carbocycles. The molecule has 0 spiro atoms. The van der Waals surface area contributed by atoms with Crippen molar-refractivity contribution in [1.29, 1.82) is 0 Å². The van der Waals surface area contributed by atoms with Crippen molar-refractivity contribution in [2.45, 2.75) is 31.3 Å². The van der Waals surface area contributed by atoms with Crippen molar-refractivity contribution in [3.8, 4) is 16.9 Å². The number of benzene rings is 3. The van der Waals surface area contributed by atoms with Crippen molar-refractivity contribution in [3.05, 3.63) is 116 Å². The first-order valence-electron chi connectivity index (χ1n) is 12.2. The Morgan fingerprint density at radius 2 is 1.74 bits per heavy atom. The molecule has 200 valence electrons. The number of thioether (sulfide) groups is 1. The fourth-order valence-corrected chi connectivity index (χ4v) is 6.46. The number of methoxy groups -OCH3 is 1. The van der Waals surface area contributed by atoms with Crippen molar-refractivity contribution in [2.75, 3.05) is 12.9 Å². The minimum Gasteiger partial charge on any atom is -0.494 e. The maximum atomic E-state index is 15.5. The first-order chi connectivity index (χ1) is 18.8. The number of hydrogen-bond acceptors (Lipinski definition) is 5. The van der Waals surface area contributed by atoms with Crippen molar-refractivity contribution >= 4 is 17.5 Å². The number of fused-ring (bicyclic) bond motifs is 1. The molecule has 4 aromatic rings. The summed E-state index contributed by atoms with van der Waals surface area (Å²) < 4.78 is 51.6. The van der Waals surface area contributed by atoms with Gasteiger partial charge in [-0.25, -0.2) is 13.2 Å². The van der Waals surface area contributed by atoms with Crippen molar-refractivity contribution in [1.82, 2.24) is 4.57 Å². The Bertz CT molecular complexity index is 1660. The zero-order chi connectivity index (χ0) is 27.8. The van der Waals surface area contributed by atoms with Gasteiger partial charge in [-0.3, -0.25) is 9.36 Å². The Labute approximate surface area is 227 Å². The number of oxime groups is 1. The van der Waals surface area contributed by atoms with Gasteiger partial charge in [0.15, 0.2) is 11.6 Å². The van der Waals surface area contributed by atoms with E-state index >= 15 is 4.39 Å².